The second-order valence-electron chi connectivity index (χ2n) is 7.34. The second kappa shape index (κ2) is 9.37. The minimum absolute atomic E-state index is 0.183. The van der Waals surface area contributed by atoms with Crippen LogP contribution in [-0.4, -0.2) is 29.9 Å². The summed E-state index contributed by atoms with van der Waals surface area (Å²) in [5.74, 6) is 2.64. The van der Waals surface area contributed by atoms with Crippen molar-refractivity contribution in [1.82, 2.24) is 9.97 Å². The maximum absolute atomic E-state index is 12.3. The van der Waals surface area contributed by atoms with Gasteiger partial charge in [0.25, 0.3) is 0 Å². The highest BCUT2D eigenvalue weighted by Crippen LogP contribution is 2.34. The Morgan fingerprint density at radius 1 is 0.853 bits per heavy atom. The van der Waals surface area contributed by atoms with Gasteiger partial charge < -0.3 is 30.2 Å². The number of urea groups is 1. The Morgan fingerprint density at radius 3 is 2.44 bits per heavy atom. The third-order valence-corrected chi connectivity index (χ3v) is 5.10. The van der Waals surface area contributed by atoms with Crippen LogP contribution in [0.4, 0.5) is 27.7 Å². The van der Waals surface area contributed by atoms with Crippen molar-refractivity contribution in [3.05, 3.63) is 79.1 Å². The number of nitrogens with one attached hydrogen (secondary N) is 3. The number of hydrogen-bond acceptors (Lipinski definition) is 7. The third kappa shape index (κ3) is 4.68. The zero-order valence-electron chi connectivity index (χ0n) is 18.2. The molecule has 34 heavy (non-hydrogen) atoms. The molecule has 0 saturated heterocycles. The van der Waals surface area contributed by atoms with Gasteiger partial charge >= 0.3 is 6.03 Å². The average molecular weight is 455 g/mol. The minimum Gasteiger partial charge on any atom is -0.496 e. The number of ether oxygens (including phenoxy) is 3. The summed E-state index contributed by atoms with van der Waals surface area (Å²) in [6, 6.07) is 21.7. The highest BCUT2D eigenvalue weighted by atomic mass is 16.7. The van der Waals surface area contributed by atoms with Crippen molar-refractivity contribution in [2.24, 2.45) is 0 Å². The van der Waals surface area contributed by atoms with Gasteiger partial charge in [0.15, 0.2) is 11.5 Å². The molecule has 0 spiro atoms. The Hall–Kier alpha value is -4.79. The van der Waals surface area contributed by atoms with Gasteiger partial charge in [0.05, 0.1) is 12.8 Å². The topological polar surface area (TPSA) is 107 Å². The third-order valence-electron chi connectivity index (χ3n) is 5.10. The molecule has 0 saturated carbocycles. The van der Waals surface area contributed by atoms with Crippen molar-refractivity contribution >= 4 is 28.9 Å². The van der Waals surface area contributed by atoms with Crippen LogP contribution < -0.4 is 30.2 Å². The molecule has 2 heterocycles. The fraction of sp³-hybridized carbons (Fsp3) is 0.0800. The Kier molecular flexibility index (Phi) is 5.81. The lowest BCUT2D eigenvalue weighted by atomic mass is 10.1. The van der Waals surface area contributed by atoms with E-state index in [9.17, 15) is 4.79 Å². The number of nitrogens with zero attached hydrogens (tertiary/aromatic N) is 2. The predicted molar refractivity (Wildman–Crippen MR) is 129 cm³/mol. The zero-order valence-corrected chi connectivity index (χ0v) is 18.2. The molecule has 0 atom stereocenters. The Labute approximate surface area is 195 Å². The summed E-state index contributed by atoms with van der Waals surface area (Å²) in [6.45, 7) is 0.183. The lowest BCUT2D eigenvalue weighted by Crippen LogP contribution is -2.19. The summed E-state index contributed by atoms with van der Waals surface area (Å²) in [5.41, 5.74) is 3.68. The molecule has 9 heteroatoms. The number of anilines is 4. The quantitative estimate of drug-likeness (QED) is 0.364. The predicted octanol–water partition coefficient (Wildman–Crippen LogP) is 5.27. The summed E-state index contributed by atoms with van der Waals surface area (Å²) in [5, 5.41) is 8.83. The number of rotatable bonds is 6. The first-order chi connectivity index (χ1) is 16.7. The molecule has 1 aromatic heterocycles. The smallest absolute Gasteiger partial charge is 0.323 e. The second-order valence-corrected chi connectivity index (χ2v) is 7.34. The summed E-state index contributed by atoms with van der Waals surface area (Å²) in [6.07, 6.45) is 1.50. The molecule has 5 rings (SSSR count). The van der Waals surface area contributed by atoms with Crippen LogP contribution >= 0.6 is 0 Å². The van der Waals surface area contributed by atoms with Gasteiger partial charge in [0, 0.05) is 34.8 Å². The van der Waals surface area contributed by atoms with Gasteiger partial charge in [-0.2, -0.15) is 0 Å². The van der Waals surface area contributed by atoms with Crippen LogP contribution in [0.15, 0.2) is 79.1 Å². The van der Waals surface area contributed by atoms with Crippen LogP contribution in [0, 0.1) is 0 Å². The van der Waals surface area contributed by atoms with E-state index >= 15 is 0 Å². The van der Waals surface area contributed by atoms with Crippen molar-refractivity contribution < 1.29 is 19.0 Å². The molecule has 0 unspecified atom stereocenters. The van der Waals surface area contributed by atoms with Crippen LogP contribution in [0.2, 0.25) is 0 Å². The summed E-state index contributed by atoms with van der Waals surface area (Å²) < 4.78 is 16.0. The average Bonchev–Trinajstić information content (AvgIpc) is 3.33. The van der Waals surface area contributed by atoms with Crippen molar-refractivity contribution in [2.45, 2.75) is 0 Å². The van der Waals surface area contributed by atoms with Gasteiger partial charge in [0.1, 0.15) is 17.9 Å². The highest BCUT2D eigenvalue weighted by molar-refractivity contribution is 6.00. The van der Waals surface area contributed by atoms with Crippen LogP contribution in [0.25, 0.3) is 11.3 Å². The van der Waals surface area contributed by atoms with Crippen molar-refractivity contribution in [1.29, 1.82) is 0 Å². The molecule has 9 nitrogen and oxygen atoms in total. The molecule has 0 aliphatic carbocycles. The van der Waals surface area contributed by atoms with Gasteiger partial charge in [-0.25, -0.2) is 14.8 Å². The lowest BCUT2D eigenvalue weighted by molar-refractivity contribution is 0.174. The molecule has 3 N–H and O–H groups in total. The minimum atomic E-state index is -0.364. The molecular weight excluding hydrogens is 434 g/mol. The fourth-order valence-corrected chi connectivity index (χ4v) is 3.48. The largest absolute Gasteiger partial charge is 0.496 e. The van der Waals surface area contributed by atoms with E-state index in [4.69, 9.17) is 14.2 Å². The van der Waals surface area contributed by atoms with E-state index in [-0.39, 0.29) is 12.8 Å². The number of carbonyl (C=O) groups is 1. The van der Waals surface area contributed by atoms with Crippen LogP contribution in [0.5, 0.6) is 17.2 Å². The number of hydrogen-bond donors (Lipinski definition) is 3. The molecular formula is C25H21N5O4. The van der Waals surface area contributed by atoms with Gasteiger partial charge in [-0.05, 0) is 48.5 Å². The molecule has 170 valence electrons. The number of methoxy groups -OCH3 is 1. The molecule has 1 aliphatic heterocycles. The molecule has 2 amide bonds. The van der Waals surface area contributed by atoms with E-state index in [1.165, 1.54) is 6.33 Å². The van der Waals surface area contributed by atoms with Crippen LogP contribution in [-0.2, 0) is 0 Å². The van der Waals surface area contributed by atoms with E-state index < -0.39 is 0 Å². The normalized spacial score (nSPS) is 11.6. The summed E-state index contributed by atoms with van der Waals surface area (Å²) in [4.78, 5) is 21.0. The number of benzene rings is 3. The zero-order chi connectivity index (χ0) is 23.3. The number of amides is 2. The van der Waals surface area contributed by atoms with Gasteiger partial charge in [-0.3, -0.25) is 0 Å². The van der Waals surface area contributed by atoms with Gasteiger partial charge in [-0.15, -0.1) is 0 Å². The molecule has 4 aromatic rings. The molecule has 1 aliphatic rings. The number of aromatic nitrogens is 2. The van der Waals surface area contributed by atoms with Gasteiger partial charge in [-0.1, -0.05) is 12.1 Å². The van der Waals surface area contributed by atoms with Crippen LogP contribution in [0.3, 0.4) is 0 Å². The SMILES string of the molecule is COc1ccccc1-c1cc(Nc2ccc(NC(=O)Nc3ccc4c(c3)OCO4)cc2)ncn1. The Morgan fingerprint density at radius 2 is 1.59 bits per heavy atom. The van der Waals surface area contributed by atoms with E-state index in [0.717, 1.165) is 22.7 Å². The Balaban J connectivity index is 1.22. The maximum atomic E-state index is 12.3. The highest BCUT2D eigenvalue weighted by Gasteiger charge is 2.14. The summed E-state index contributed by atoms with van der Waals surface area (Å²) in [7, 11) is 1.63. The molecule has 3 aromatic carbocycles. The number of carbonyl (C=O) groups excluding carboxylic acids is 1. The van der Waals surface area contributed by atoms with Gasteiger partial charge in [0.2, 0.25) is 6.79 Å². The first kappa shape index (κ1) is 21.1. The first-order valence-electron chi connectivity index (χ1n) is 10.5. The lowest BCUT2D eigenvalue weighted by Gasteiger charge is -2.11. The molecule has 0 bridgehead atoms. The number of fused-ring (bicyclic) bond motifs is 1. The fourth-order valence-electron chi connectivity index (χ4n) is 3.48. The Bertz CT molecular complexity index is 1330. The van der Waals surface area contributed by atoms with E-state index in [1.807, 2.05) is 42.5 Å². The van der Waals surface area contributed by atoms with E-state index in [0.29, 0.717) is 28.7 Å². The van der Waals surface area contributed by atoms with E-state index in [2.05, 4.69) is 25.9 Å². The number of para-hydroxylation sites is 1. The molecule has 0 fully saturated rings. The molecule has 0 radical (unpaired) electrons. The van der Waals surface area contributed by atoms with Crippen molar-refractivity contribution in [3.8, 4) is 28.5 Å². The monoisotopic (exact) mass is 455 g/mol. The maximum Gasteiger partial charge on any atom is 0.323 e. The summed E-state index contributed by atoms with van der Waals surface area (Å²) >= 11 is 0. The van der Waals surface area contributed by atoms with Crippen molar-refractivity contribution in [2.75, 3.05) is 29.9 Å². The first-order valence-corrected chi connectivity index (χ1v) is 10.5. The standard InChI is InChI=1S/C25H21N5O4/c1-32-21-5-3-2-4-19(21)20-13-24(27-14-26-20)28-16-6-8-17(9-7-16)29-25(31)30-18-10-11-22-23(12-18)34-15-33-22/h2-14H,15H2,1H3,(H,26,27,28)(H2,29,30,31). The van der Waals surface area contributed by atoms with E-state index in [1.54, 1.807) is 37.4 Å². The van der Waals surface area contributed by atoms with Crippen LogP contribution in [0.1, 0.15) is 0 Å². The van der Waals surface area contributed by atoms with Crippen molar-refractivity contribution in [3.63, 3.8) is 0 Å².